The van der Waals surface area contributed by atoms with Gasteiger partial charge in [0.2, 0.25) is 10.0 Å². The Morgan fingerprint density at radius 1 is 1.05 bits per heavy atom. The van der Waals surface area contributed by atoms with Crippen molar-refractivity contribution in [3.05, 3.63) is 90.7 Å². The molecule has 10 heteroatoms. The van der Waals surface area contributed by atoms with Crippen LogP contribution in [-0.4, -0.2) is 47.8 Å². The molecule has 9 nitrogen and oxygen atoms in total. The number of nitrogens with zero attached hydrogens (tertiary/aromatic N) is 3. The summed E-state index contributed by atoms with van der Waals surface area (Å²) in [6, 6.07) is 16.4. The number of carbonyl (C=O) groups excluding carboxylic acids is 1. The molecule has 3 heterocycles. The van der Waals surface area contributed by atoms with E-state index in [0.29, 0.717) is 38.4 Å². The van der Waals surface area contributed by atoms with Crippen LogP contribution in [0.1, 0.15) is 28.8 Å². The minimum atomic E-state index is -3.70. The van der Waals surface area contributed by atoms with E-state index in [9.17, 15) is 13.2 Å². The van der Waals surface area contributed by atoms with Crippen molar-refractivity contribution in [1.29, 1.82) is 0 Å². The normalized spacial score (nSPS) is 14.1. The third kappa shape index (κ3) is 5.92. The van der Waals surface area contributed by atoms with Gasteiger partial charge in [0.05, 0.1) is 17.5 Å². The molecule has 192 valence electrons. The van der Waals surface area contributed by atoms with Crippen molar-refractivity contribution in [1.82, 2.24) is 19.2 Å². The molecule has 1 aliphatic heterocycles. The topological polar surface area (TPSA) is 109 Å². The summed E-state index contributed by atoms with van der Waals surface area (Å²) in [5, 5.41) is 6.18. The van der Waals surface area contributed by atoms with Crippen LogP contribution in [0.15, 0.2) is 88.9 Å². The van der Waals surface area contributed by atoms with Gasteiger partial charge in [0.15, 0.2) is 0 Å². The number of anilines is 1. The van der Waals surface area contributed by atoms with E-state index >= 15 is 0 Å². The molecule has 1 fully saturated rings. The largest absolute Gasteiger partial charge is 0.464 e. The van der Waals surface area contributed by atoms with Crippen molar-refractivity contribution in [3.8, 4) is 11.3 Å². The van der Waals surface area contributed by atoms with Crippen molar-refractivity contribution in [2.24, 2.45) is 0 Å². The van der Waals surface area contributed by atoms with E-state index in [2.05, 4.69) is 15.6 Å². The number of benzene rings is 2. The van der Waals surface area contributed by atoms with E-state index in [1.54, 1.807) is 30.9 Å². The Morgan fingerprint density at radius 3 is 2.68 bits per heavy atom. The van der Waals surface area contributed by atoms with Crippen LogP contribution in [0.4, 0.5) is 5.69 Å². The lowest BCUT2D eigenvalue weighted by Gasteiger charge is -2.18. The number of carbonyl (C=O) groups is 1. The Bertz CT molecular complexity index is 1440. The Kier molecular flexibility index (Phi) is 7.38. The summed E-state index contributed by atoms with van der Waals surface area (Å²) in [6.07, 6.45) is 8.48. The molecular formula is C27H29N5O4S. The summed E-state index contributed by atoms with van der Waals surface area (Å²) < 4.78 is 35.5. The highest BCUT2D eigenvalue weighted by Crippen LogP contribution is 2.26. The maximum Gasteiger partial charge on any atom is 0.251 e. The molecule has 0 atom stereocenters. The number of imidazole rings is 1. The number of sulfonamides is 1. The van der Waals surface area contributed by atoms with Crippen LogP contribution >= 0.6 is 0 Å². The Morgan fingerprint density at radius 2 is 1.92 bits per heavy atom. The zero-order chi connectivity index (χ0) is 25.7. The Labute approximate surface area is 216 Å². The number of nitrogens with one attached hydrogen (secondary N) is 2. The zero-order valence-electron chi connectivity index (χ0n) is 20.3. The van der Waals surface area contributed by atoms with E-state index in [1.165, 1.54) is 10.4 Å². The monoisotopic (exact) mass is 519 g/mol. The molecule has 0 spiro atoms. The fourth-order valence-electron chi connectivity index (χ4n) is 4.36. The second-order valence-electron chi connectivity index (χ2n) is 8.94. The van der Waals surface area contributed by atoms with Crippen LogP contribution in [0.3, 0.4) is 0 Å². The third-order valence-electron chi connectivity index (χ3n) is 6.32. The first-order valence-corrected chi connectivity index (χ1v) is 13.7. The Hall–Kier alpha value is -3.89. The maximum atomic E-state index is 13.3. The van der Waals surface area contributed by atoms with Crippen molar-refractivity contribution in [2.75, 3.05) is 25.0 Å². The summed E-state index contributed by atoms with van der Waals surface area (Å²) in [5.74, 6) is 0.441. The zero-order valence-corrected chi connectivity index (χ0v) is 21.2. The quantitative estimate of drug-likeness (QED) is 0.328. The first kappa shape index (κ1) is 24.8. The van der Waals surface area contributed by atoms with Gasteiger partial charge >= 0.3 is 0 Å². The number of hydrogen-bond donors (Lipinski definition) is 2. The van der Waals surface area contributed by atoms with E-state index in [-0.39, 0.29) is 16.4 Å². The van der Waals surface area contributed by atoms with Gasteiger partial charge in [0, 0.05) is 61.9 Å². The molecule has 4 aromatic rings. The molecule has 0 aliphatic carbocycles. The van der Waals surface area contributed by atoms with Crippen LogP contribution in [0.25, 0.3) is 11.3 Å². The highest BCUT2D eigenvalue weighted by atomic mass is 32.2. The maximum absolute atomic E-state index is 13.3. The molecule has 0 unspecified atom stereocenters. The fourth-order valence-corrected chi connectivity index (χ4v) is 5.95. The summed E-state index contributed by atoms with van der Waals surface area (Å²) in [7, 11) is -3.70. The molecule has 0 saturated carbocycles. The van der Waals surface area contributed by atoms with Gasteiger partial charge in [-0.3, -0.25) is 4.79 Å². The molecule has 5 rings (SSSR count). The molecule has 0 bridgehead atoms. The van der Waals surface area contributed by atoms with Gasteiger partial charge < -0.3 is 19.6 Å². The van der Waals surface area contributed by atoms with Gasteiger partial charge in [-0.15, -0.1) is 0 Å². The van der Waals surface area contributed by atoms with E-state index in [1.807, 2.05) is 47.2 Å². The SMILES string of the molecule is O=C(NCCn1ccnc1)c1cc(NCc2cccc(-c3ccco3)c2)cc(S(=O)(=O)N2CCCC2)c1. The van der Waals surface area contributed by atoms with Crippen molar-refractivity contribution < 1.29 is 17.6 Å². The predicted molar refractivity (Wildman–Crippen MR) is 140 cm³/mol. The fraction of sp³-hybridized carbons (Fsp3) is 0.259. The van der Waals surface area contributed by atoms with Crippen LogP contribution in [0.2, 0.25) is 0 Å². The second kappa shape index (κ2) is 11.0. The minimum absolute atomic E-state index is 0.114. The minimum Gasteiger partial charge on any atom is -0.464 e. The molecule has 1 amide bonds. The van der Waals surface area contributed by atoms with Crippen LogP contribution in [0.5, 0.6) is 0 Å². The van der Waals surface area contributed by atoms with Gasteiger partial charge in [-0.05, 0) is 54.8 Å². The molecule has 37 heavy (non-hydrogen) atoms. The van der Waals surface area contributed by atoms with Gasteiger partial charge in [0.1, 0.15) is 5.76 Å². The molecule has 2 aromatic carbocycles. The third-order valence-corrected chi connectivity index (χ3v) is 8.19. The lowest BCUT2D eigenvalue weighted by molar-refractivity contribution is 0.0952. The standard InChI is InChI=1S/C27H29N5O4S/c33-27(29-9-13-31-12-8-28-20-31)23-16-24(18-25(17-23)37(34,35)32-10-1-2-11-32)30-19-21-5-3-6-22(15-21)26-7-4-14-36-26/h3-8,12,14-18,20,30H,1-2,9-11,13,19H2,(H,29,33). The van der Waals surface area contributed by atoms with E-state index in [0.717, 1.165) is 29.7 Å². The predicted octanol–water partition coefficient (Wildman–Crippen LogP) is 3.97. The summed E-state index contributed by atoms with van der Waals surface area (Å²) in [4.78, 5) is 17.1. The molecule has 1 aliphatic rings. The molecule has 0 radical (unpaired) electrons. The van der Waals surface area contributed by atoms with Crippen molar-refractivity contribution in [2.45, 2.75) is 30.8 Å². The molecule has 1 saturated heterocycles. The number of furan rings is 1. The van der Waals surface area contributed by atoms with E-state index < -0.39 is 10.0 Å². The van der Waals surface area contributed by atoms with Crippen molar-refractivity contribution in [3.63, 3.8) is 0 Å². The average Bonchev–Trinajstić information content (AvgIpc) is 3.71. The lowest BCUT2D eigenvalue weighted by atomic mass is 10.1. The smallest absolute Gasteiger partial charge is 0.251 e. The lowest BCUT2D eigenvalue weighted by Crippen LogP contribution is -2.29. The van der Waals surface area contributed by atoms with E-state index in [4.69, 9.17) is 4.42 Å². The summed E-state index contributed by atoms with van der Waals surface area (Å²) in [6.45, 7) is 2.39. The summed E-state index contributed by atoms with van der Waals surface area (Å²) >= 11 is 0. The Balaban J connectivity index is 1.36. The average molecular weight is 520 g/mol. The van der Waals surface area contributed by atoms with Crippen LogP contribution in [0, 0.1) is 0 Å². The van der Waals surface area contributed by atoms with Gasteiger partial charge in [0.25, 0.3) is 5.91 Å². The first-order valence-electron chi connectivity index (χ1n) is 12.2. The molecule has 2 N–H and O–H groups in total. The van der Waals surface area contributed by atoms with Crippen LogP contribution < -0.4 is 10.6 Å². The van der Waals surface area contributed by atoms with Gasteiger partial charge in [-0.25, -0.2) is 13.4 Å². The number of aromatic nitrogens is 2. The highest BCUT2D eigenvalue weighted by Gasteiger charge is 2.28. The second-order valence-corrected chi connectivity index (χ2v) is 10.9. The number of rotatable bonds is 10. The summed E-state index contributed by atoms with van der Waals surface area (Å²) in [5.41, 5.74) is 2.79. The van der Waals surface area contributed by atoms with Gasteiger partial charge in [-0.2, -0.15) is 4.31 Å². The van der Waals surface area contributed by atoms with Gasteiger partial charge in [-0.1, -0.05) is 18.2 Å². The highest BCUT2D eigenvalue weighted by molar-refractivity contribution is 7.89. The van der Waals surface area contributed by atoms with Crippen molar-refractivity contribution >= 4 is 21.6 Å². The first-order chi connectivity index (χ1) is 18.0. The number of amides is 1. The molecule has 2 aromatic heterocycles. The molecular weight excluding hydrogens is 490 g/mol. The number of hydrogen-bond acceptors (Lipinski definition) is 6. The van der Waals surface area contributed by atoms with Crippen LogP contribution in [-0.2, 0) is 23.1 Å².